The SMILES string of the molecule is CC1CC1CN(Cc1nnco1)c1cc(-c2nnc([C@](C)(N)Cc3ccccc3)o2)c(Cl)c(N(C)S(C)=O)n1. The Morgan fingerprint density at radius 1 is 1.23 bits per heavy atom. The predicted octanol–water partition coefficient (Wildman–Crippen LogP) is 3.98. The molecule has 0 bridgehead atoms. The zero-order chi connectivity index (χ0) is 27.7. The van der Waals surface area contributed by atoms with Gasteiger partial charge in [0.25, 0.3) is 0 Å². The van der Waals surface area contributed by atoms with E-state index >= 15 is 0 Å². The van der Waals surface area contributed by atoms with Gasteiger partial charge in [0.2, 0.25) is 24.1 Å². The number of hydrogen-bond donors (Lipinski definition) is 1. The van der Waals surface area contributed by atoms with Gasteiger partial charge >= 0.3 is 0 Å². The molecule has 2 N–H and O–H groups in total. The minimum Gasteiger partial charge on any atom is -0.426 e. The lowest BCUT2D eigenvalue weighted by Crippen LogP contribution is -2.35. The van der Waals surface area contributed by atoms with Crippen molar-refractivity contribution in [2.24, 2.45) is 17.6 Å². The van der Waals surface area contributed by atoms with E-state index in [1.165, 1.54) is 10.7 Å². The van der Waals surface area contributed by atoms with Gasteiger partial charge < -0.3 is 19.5 Å². The lowest BCUT2D eigenvalue weighted by atomic mass is 9.94. The molecular formula is C26H31ClN8O3S. The molecule has 0 amide bonds. The number of halogens is 1. The summed E-state index contributed by atoms with van der Waals surface area (Å²) in [5, 5.41) is 16.7. The number of anilines is 2. The van der Waals surface area contributed by atoms with Crippen LogP contribution in [0.3, 0.4) is 0 Å². The van der Waals surface area contributed by atoms with Crippen LogP contribution in [0, 0.1) is 11.8 Å². The molecule has 206 valence electrons. The molecule has 0 radical (unpaired) electrons. The van der Waals surface area contributed by atoms with Crippen LogP contribution >= 0.6 is 11.6 Å². The van der Waals surface area contributed by atoms with Crippen LogP contribution < -0.4 is 14.9 Å². The van der Waals surface area contributed by atoms with Crippen molar-refractivity contribution in [2.75, 3.05) is 29.1 Å². The third-order valence-corrected chi connectivity index (χ3v) is 8.27. The number of rotatable bonds is 11. The molecule has 3 aromatic heterocycles. The maximum Gasteiger partial charge on any atom is 0.249 e. The molecule has 1 aliphatic carbocycles. The van der Waals surface area contributed by atoms with Crippen LogP contribution in [-0.4, -0.2) is 49.4 Å². The molecule has 5 rings (SSSR count). The first-order valence-corrected chi connectivity index (χ1v) is 14.5. The van der Waals surface area contributed by atoms with Gasteiger partial charge in [0.05, 0.1) is 22.7 Å². The molecule has 1 aliphatic rings. The van der Waals surface area contributed by atoms with E-state index in [9.17, 15) is 4.21 Å². The molecular weight excluding hydrogens is 540 g/mol. The van der Waals surface area contributed by atoms with Crippen LogP contribution in [0.25, 0.3) is 11.5 Å². The fourth-order valence-corrected chi connectivity index (χ4v) is 5.14. The zero-order valence-corrected chi connectivity index (χ0v) is 23.8. The maximum absolute atomic E-state index is 12.4. The van der Waals surface area contributed by atoms with Crippen LogP contribution in [0.4, 0.5) is 11.6 Å². The highest BCUT2D eigenvalue weighted by atomic mass is 35.5. The third-order valence-electron chi connectivity index (χ3n) is 6.96. The van der Waals surface area contributed by atoms with Crippen molar-refractivity contribution in [1.82, 2.24) is 25.4 Å². The number of nitrogens with two attached hydrogens (primary N) is 1. The lowest BCUT2D eigenvalue weighted by Gasteiger charge is -2.25. The van der Waals surface area contributed by atoms with Gasteiger partial charge in [0, 0.05) is 19.8 Å². The highest BCUT2D eigenvalue weighted by molar-refractivity contribution is 7.85. The topological polar surface area (TPSA) is 140 Å². The van der Waals surface area contributed by atoms with Crippen molar-refractivity contribution < 1.29 is 13.0 Å². The van der Waals surface area contributed by atoms with E-state index in [2.05, 4.69) is 32.2 Å². The number of nitrogens with zero attached hydrogens (tertiary/aromatic N) is 7. The normalized spacial score (nSPS) is 18.9. The summed E-state index contributed by atoms with van der Waals surface area (Å²) in [6.45, 7) is 5.14. The highest BCUT2D eigenvalue weighted by Crippen LogP contribution is 2.42. The van der Waals surface area contributed by atoms with Crippen molar-refractivity contribution >= 4 is 34.2 Å². The first-order valence-electron chi connectivity index (χ1n) is 12.6. The van der Waals surface area contributed by atoms with Crippen molar-refractivity contribution in [2.45, 2.75) is 38.8 Å². The van der Waals surface area contributed by atoms with E-state index in [0.29, 0.717) is 47.9 Å². The summed E-state index contributed by atoms with van der Waals surface area (Å²) in [6.07, 6.45) is 4.48. The second-order valence-electron chi connectivity index (χ2n) is 10.3. The Hall–Kier alpha value is -3.35. The van der Waals surface area contributed by atoms with E-state index in [-0.39, 0.29) is 16.8 Å². The van der Waals surface area contributed by atoms with Gasteiger partial charge in [-0.05, 0) is 43.2 Å². The fourth-order valence-electron chi connectivity index (χ4n) is 4.41. The molecule has 0 saturated heterocycles. The molecule has 13 heteroatoms. The summed E-state index contributed by atoms with van der Waals surface area (Å²) >= 11 is 6.84. The Bertz CT molecular complexity index is 1450. The third kappa shape index (κ3) is 6.13. The second kappa shape index (κ2) is 11.0. The first-order chi connectivity index (χ1) is 18.6. The molecule has 4 aromatic rings. The van der Waals surface area contributed by atoms with Crippen LogP contribution in [0.1, 0.15) is 37.6 Å². The monoisotopic (exact) mass is 570 g/mol. The second-order valence-corrected chi connectivity index (χ2v) is 12.0. The predicted molar refractivity (Wildman–Crippen MR) is 149 cm³/mol. The van der Waals surface area contributed by atoms with Crippen molar-refractivity contribution in [3.05, 3.63) is 65.2 Å². The molecule has 3 unspecified atom stereocenters. The van der Waals surface area contributed by atoms with E-state index in [1.54, 1.807) is 19.4 Å². The summed E-state index contributed by atoms with van der Waals surface area (Å²) in [5.74, 6) is 2.94. The average molecular weight is 571 g/mol. The maximum atomic E-state index is 12.4. The molecule has 39 heavy (non-hydrogen) atoms. The molecule has 4 atom stereocenters. The Balaban J connectivity index is 1.54. The quantitative estimate of drug-likeness (QED) is 0.281. The molecule has 1 fully saturated rings. The van der Waals surface area contributed by atoms with Gasteiger partial charge in [0.1, 0.15) is 16.8 Å². The van der Waals surface area contributed by atoms with E-state index in [0.717, 1.165) is 18.5 Å². The molecule has 1 aromatic carbocycles. The van der Waals surface area contributed by atoms with Crippen molar-refractivity contribution in [3.8, 4) is 11.5 Å². The minimum absolute atomic E-state index is 0.192. The van der Waals surface area contributed by atoms with Crippen LogP contribution in [-0.2, 0) is 29.5 Å². The fraction of sp³-hybridized carbons (Fsp3) is 0.423. The summed E-state index contributed by atoms with van der Waals surface area (Å²) in [5.41, 5.74) is 7.22. The largest absolute Gasteiger partial charge is 0.426 e. The van der Waals surface area contributed by atoms with Crippen LogP contribution in [0.5, 0.6) is 0 Å². The van der Waals surface area contributed by atoms with Gasteiger partial charge in [-0.2, -0.15) is 0 Å². The Kier molecular flexibility index (Phi) is 7.70. The molecule has 0 spiro atoms. The van der Waals surface area contributed by atoms with Gasteiger partial charge in [-0.3, -0.25) is 4.31 Å². The molecule has 0 aliphatic heterocycles. The van der Waals surface area contributed by atoms with Gasteiger partial charge in [0.15, 0.2) is 5.82 Å². The Morgan fingerprint density at radius 2 is 1.97 bits per heavy atom. The van der Waals surface area contributed by atoms with Gasteiger partial charge in [-0.25, -0.2) is 9.19 Å². The summed E-state index contributed by atoms with van der Waals surface area (Å²) in [7, 11) is 0.281. The minimum atomic E-state index is -1.38. The van der Waals surface area contributed by atoms with Crippen molar-refractivity contribution in [3.63, 3.8) is 0 Å². The van der Waals surface area contributed by atoms with Crippen LogP contribution in [0.15, 0.2) is 51.6 Å². The molecule has 1 saturated carbocycles. The van der Waals surface area contributed by atoms with E-state index < -0.39 is 16.5 Å². The average Bonchev–Trinajstić information content (AvgIpc) is 3.30. The number of aromatic nitrogens is 5. The number of benzene rings is 1. The molecule has 11 nitrogen and oxygen atoms in total. The van der Waals surface area contributed by atoms with E-state index in [1.807, 2.05) is 37.3 Å². The first kappa shape index (κ1) is 27.2. The standard InChI is InChI=1S/C26H31ClN8O3S/c1-16-10-18(16)13-35(14-21-31-29-15-37-21)20-11-19(22(27)23(30-20)34(3)39(4)36)24-32-33-25(38-24)26(2,28)12-17-8-6-5-7-9-17/h5-9,11,15-16,18H,10,12-14,28H2,1-4H3/t16?,18?,26-,39?/m1/s1. The summed E-state index contributed by atoms with van der Waals surface area (Å²) < 4.78 is 25.5. The zero-order valence-electron chi connectivity index (χ0n) is 22.2. The van der Waals surface area contributed by atoms with Crippen LogP contribution in [0.2, 0.25) is 5.02 Å². The summed E-state index contributed by atoms with van der Waals surface area (Å²) in [6, 6.07) is 11.7. The van der Waals surface area contributed by atoms with Crippen molar-refractivity contribution in [1.29, 1.82) is 0 Å². The highest BCUT2D eigenvalue weighted by Gasteiger charge is 2.36. The van der Waals surface area contributed by atoms with Gasteiger partial charge in [-0.1, -0.05) is 48.9 Å². The smallest absolute Gasteiger partial charge is 0.249 e. The van der Waals surface area contributed by atoms with E-state index in [4.69, 9.17) is 31.2 Å². The number of pyridine rings is 1. The molecule has 3 heterocycles. The Morgan fingerprint density at radius 3 is 2.62 bits per heavy atom. The summed E-state index contributed by atoms with van der Waals surface area (Å²) in [4.78, 5) is 6.85. The lowest BCUT2D eigenvalue weighted by molar-refractivity contribution is 0.355. The van der Waals surface area contributed by atoms with Gasteiger partial charge in [-0.15, -0.1) is 20.4 Å². The number of hydrogen-bond acceptors (Lipinski definition) is 10. The Labute approximate surface area is 234 Å².